The van der Waals surface area contributed by atoms with Crippen LogP contribution < -0.4 is 4.74 Å². The third-order valence-corrected chi connectivity index (χ3v) is 1.47. The Morgan fingerprint density at radius 1 is 1.57 bits per heavy atom. The zero-order valence-electron chi connectivity index (χ0n) is 7.56. The topological polar surface area (TPSA) is 76.5 Å². The lowest BCUT2D eigenvalue weighted by molar-refractivity contribution is -0.145. The van der Waals surface area contributed by atoms with Crippen molar-refractivity contribution in [1.29, 1.82) is 0 Å². The van der Waals surface area contributed by atoms with E-state index < -0.39 is 18.4 Å². The summed E-state index contributed by atoms with van der Waals surface area (Å²) in [5.74, 6) is -1.89. The summed E-state index contributed by atoms with van der Waals surface area (Å²) < 4.78 is 4.73. The van der Waals surface area contributed by atoms with Gasteiger partial charge in [-0.05, 0) is 13.0 Å². The Hall–Kier alpha value is -1.91. The van der Waals surface area contributed by atoms with E-state index in [0.29, 0.717) is 5.56 Å². The SMILES string of the molecule is Cc1cccnc1OC(=O)CC(=O)O. The highest BCUT2D eigenvalue weighted by molar-refractivity contribution is 5.91. The van der Waals surface area contributed by atoms with E-state index in [1.54, 1.807) is 19.1 Å². The van der Waals surface area contributed by atoms with E-state index in [9.17, 15) is 9.59 Å². The number of rotatable bonds is 3. The molecule has 74 valence electrons. The number of hydrogen-bond donors (Lipinski definition) is 1. The molecule has 0 spiro atoms. The number of carboxylic acids is 1. The van der Waals surface area contributed by atoms with E-state index in [1.165, 1.54) is 6.20 Å². The molecule has 5 heteroatoms. The standard InChI is InChI=1S/C9H9NO4/c1-6-3-2-4-10-9(6)14-8(13)5-7(11)12/h2-4H,5H2,1H3,(H,11,12). The first-order valence-electron chi connectivity index (χ1n) is 3.93. The summed E-state index contributed by atoms with van der Waals surface area (Å²) >= 11 is 0. The number of nitrogens with zero attached hydrogens (tertiary/aromatic N) is 1. The second kappa shape index (κ2) is 4.36. The molecular formula is C9H9NO4. The Kier molecular flexibility index (Phi) is 3.17. The number of aryl methyl sites for hydroxylation is 1. The van der Waals surface area contributed by atoms with Crippen molar-refractivity contribution < 1.29 is 19.4 Å². The second-order valence-corrected chi connectivity index (χ2v) is 2.67. The zero-order valence-corrected chi connectivity index (χ0v) is 7.56. The fourth-order valence-electron chi connectivity index (χ4n) is 0.845. The van der Waals surface area contributed by atoms with Crippen molar-refractivity contribution in [3.8, 4) is 5.88 Å². The Balaban J connectivity index is 2.65. The molecule has 0 radical (unpaired) electrons. The van der Waals surface area contributed by atoms with Gasteiger partial charge in [-0.25, -0.2) is 4.98 Å². The summed E-state index contributed by atoms with van der Waals surface area (Å²) in [7, 11) is 0. The third kappa shape index (κ3) is 2.85. The van der Waals surface area contributed by atoms with Crippen LogP contribution in [-0.2, 0) is 9.59 Å². The molecule has 0 fully saturated rings. The molecule has 1 rings (SSSR count). The van der Waals surface area contributed by atoms with Gasteiger partial charge in [0, 0.05) is 11.8 Å². The maximum absolute atomic E-state index is 10.9. The number of aliphatic carboxylic acids is 1. The number of esters is 1. The van der Waals surface area contributed by atoms with Gasteiger partial charge in [-0.1, -0.05) is 6.07 Å². The average Bonchev–Trinajstić information content (AvgIpc) is 2.07. The number of carbonyl (C=O) groups excluding carboxylic acids is 1. The van der Waals surface area contributed by atoms with Gasteiger partial charge in [0.25, 0.3) is 0 Å². The lowest BCUT2D eigenvalue weighted by Crippen LogP contribution is -2.14. The maximum atomic E-state index is 10.9. The van der Waals surface area contributed by atoms with Gasteiger partial charge in [-0.2, -0.15) is 0 Å². The minimum absolute atomic E-state index is 0.152. The van der Waals surface area contributed by atoms with Gasteiger partial charge in [0.15, 0.2) is 0 Å². The molecule has 1 heterocycles. The molecule has 5 nitrogen and oxygen atoms in total. The van der Waals surface area contributed by atoms with Crippen LogP contribution in [0, 0.1) is 6.92 Å². The van der Waals surface area contributed by atoms with Crippen molar-refractivity contribution in [2.75, 3.05) is 0 Å². The quantitative estimate of drug-likeness (QED) is 0.569. The fraction of sp³-hybridized carbons (Fsp3) is 0.222. The molecule has 0 saturated carbocycles. The van der Waals surface area contributed by atoms with Gasteiger partial charge >= 0.3 is 11.9 Å². The summed E-state index contributed by atoms with van der Waals surface area (Å²) in [6.45, 7) is 1.72. The molecule has 0 aliphatic rings. The van der Waals surface area contributed by atoms with Crippen LogP contribution in [0.4, 0.5) is 0 Å². The number of carboxylic acid groups (broad SMARTS) is 1. The number of ether oxygens (including phenoxy) is 1. The Bertz CT molecular complexity index is 362. The van der Waals surface area contributed by atoms with Crippen LogP contribution in [0.1, 0.15) is 12.0 Å². The summed E-state index contributed by atoms with van der Waals surface area (Å²) in [5.41, 5.74) is 0.686. The van der Waals surface area contributed by atoms with E-state index in [2.05, 4.69) is 4.98 Å². The van der Waals surface area contributed by atoms with Crippen LogP contribution in [0.2, 0.25) is 0 Å². The molecular weight excluding hydrogens is 186 g/mol. The van der Waals surface area contributed by atoms with E-state index >= 15 is 0 Å². The molecule has 1 aromatic heterocycles. The first-order valence-corrected chi connectivity index (χ1v) is 3.93. The highest BCUT2D eigenvalue weighted by Crippen LogP contribution is 2.12. The van der Waals surface area contributed by atoms with Gasteiger partial charge in [0.05, 0.1) is 0 Å². The van der Waals surface area contributed by atoms with Gasteiger partial charge in [0.2, 0.25) is 5.88 Å². The Morgan fingerprint density at radius 3 is 2.86 bits per heavy atom. The Labute approximate surface area is 80.3 Å². The maximum Gasteiger partial charge on any atom is 0.323 e. The van der Waals surface area contributed by atoms with Gasteiger partial charge < -0.3 is 9.84 Å². The Morgan fingerprint density at radius 2 is 2.29 bits per heavy atom. The fourth-order valence-corrected chi connectivity index (χ4v) is 0.845. The van der Waals surface area contributed by atoms with E-state index in [4.69, 9.17) is 9.84 Å². The predicted molar refractivity (Wildman–Crippen MR) is 46.9 cm³/mol. The molecule has 1 aromatic rings. The molecule has 0 bridgehead atoms. The zero-order chi connectivity index (χ0) is 10.6. The number of carbonyl (C=O) groups is 2. The predicted octanol–water partition coefficient (Wildman–Crippen LogP) is 0.770. The molecule has 0 amide bonds. The largest absolute Gasteiger partial charge is 0.481 e. The van der Waals surface area contributed by atoms with Crippen LogP contribution in [0.3, 0.4) is 0 Å². The van der Waals surface area contributed by atoms with Crippen LogP contribution >= 0.6 is 0 Å². The van der Waals surface area contributed by atoms with Crippen LogP contribution in [-0.4, -0.2) is 22.0 Å². The molecule has 14 heavy (non-hydrogen) atoms. The smallest absolute Gasteiger partial charge is 0.323 e. The van der Waals surface area contributed by atoms with E-state index in [1.807, 2.05) is 0 Å². The molecule has 0 aromatic carbocycles. The number of hydrogen-bond acceptors (Lipinski definition) is 4. The molecule has 0 aliphatic carbocycles. The summed E-state index contributed by atoms with van der Waals surface area (Å²) in [4.78, 5) is 24.9. The van der Waals surface area contributed by atoms with Crippen molar-refractivity contribution in [3.63, 3.8) is 0 Å². The van der Waals surface area contributed by atoms with Crippen molar-refractivity contribution in [1.82, 2.24) is 4.98 Å². The molecule has 0 saturated heterocycles. The average molecular weight is 195 g/mol. The monoisotopic (exact) mass is 195 g/mol. The first-order chi connectivity index (χ1) is 6.59. The summed E-state index contributed by atoms with van der Waals surface area (Å²) in [6.07, 6.45) is 0.812. The highest BCUT2D eigenvalue weighted by Gasteiger charge is 2.11. The van der Waals surface area contributed by atoms with Crippen molar-refractivity contribution in [2.45, 2.75) is 13.3 Å². The molecule has 0 unspecified atom stereocenters. The highest BCUT2D eigenvalue weighted by atomic mass is 16.5. The van der Waals surface area contributed by atoms with Gasteiger partial charge in [0.1, 0.15) is 6.42 Å². The van der Waals surface area contributed by atoms with Crippen LogP contribution in [0.15, 0.2) is 18.3 Å². The molecule has 0 aliphatic heterocycles. The van der Waals surface area contributed by atoms with Crippen molar-refractivity contribution >= 4 is 11.9 Å². The number of pyridine rings is 1. The lowest BCUT2D eigenvalue weighted by Gasteiger charge is -2.03. The van der Waals surface area contributed by atoms with Gasteiger partial charge in [-0.15, -0.1) is 0 Å². The van der Waals surface area contributed by atoms with E-state index in [0.717, 1.165) is 0 Å². The van der Waals surface area contributed by atoms with Gasteiger partial charge in [-0.3, -0.25) is 9.59 Å². The molecule has 0 atom stereocenters. The van der Waals surface area contributed by atoms with Crippen molar-refractivity contribution in [3.05, 3.63) is 23.9 Å². The minimum Gasteiger partial charge on any atom is -0.481 e. The van der Waals surface area contributed by atoms with Crippen LogP contribution in [0.25, 0.3) is 0 Å². The third-order valence-electron chi connectivity index (χ3n) is 1.47. The second-order valence-electron chi connectivity index (χ2n) is 2.67. The van der Waals surface area contributed by atoms with Crippen LogP contribution in [0.5, 0.6) is 5.88 Å². The number of aromatic nitrogens is 1. The molecule has 1 N–H and O–H groups in total. The minimum atomic E-state index is -1.22. The lowest BCUT2D eigenvalue weighted by atomic mass is 10.3. The summed E-state index contributed by atoms with van der Waals surface area (Å²) in [6, 6.07) is 3.42. The van der Waals surface area contributed by atoms with Crippen molar-refractivity contribution in [2.24, 2.45) is 0 Å². The van der Waals surface area contributed by atoms with E-state index in [-0.39, 0.29) is 5.88 Å². The first kappa shape index (κ1) is 10.2. The summed E-state index contributed by atoms with van der Waals surface area (Å²) in [5, 5.41) is 8.31. The normalized spacial score (nSPS) is 9.50.